The average molecular weight is 171 g/mol. The van der Waals surface area contributed by atoms with E-state index in [1.54, 1.807) is 0 Å². The summed E-state index contributed by atoms with van der Waals surface area (Å²) >= 11 is 0. The van der Waals surface area contributed by atoms with Crippen molar-refractivity contribution in [3.05, 3.63) is 0 Å². The van der Waals surface area contributed by atoms with Gasteiger partial charge in [-0.05, 0) is 24.3 Å². The Kier molecular flexibility index (Phi) is 6.45. The van der Waals surface area contributed by atoms with E-state index < -0.39 is 0 Å². The molecule has 0 amide bonds. The first kappa shape index (κ1) is 12.0. The highest BCUT2D eigenvalue weighted by Crippen LogP contribution is 2.25. The molecule has 1 nitrogen and oxygen atoms in total. The van der Waals surface area contributed by atoms with Crippen LogP contribution in [0.1, 0.15) is 47.0 Å². The van der Waals surface area contributed by atoms with Gasteiger partial charge in [-0.3, -0.25) is 0 Å². The fourth-order valence-electron chi connectivity index (χ4n) is 2.00. The predicted molar refractivity (Wildman–Crippen MR) is 56.1 cm³/mol. The minimum Gasteiger partial charge on any atom is -0.330 e. The molecule has 0 bridgehead atoms. The third-order valence-corrected chi connectivity index (χ3v) is 3.12. The van der Waals surface area contributed by atoms with E-state index in [4.69, 9.17) is 5.73 Å². The molecule has 0 radical (unpaired) electrons. The first-order valence-electron chi connectivity index (χ1n) is 5.37. The smallest absolute Gasteiger partial charge is 0.00438 e. The fraction of sp³-hybridized carbons (Fsp3) is 1.00. The zero-order valence-corrected chi connectivity index (χ0v) is 9.14. The average Bonchev–Trinajstić information content (AvgIpc) is 2.06. The maximum atomic E-state index is 5.78. The van der Waals surface area contributed by atoms with Crippen LogP contribution in [0.4, 0.5) is 0 Å². The Bertz CT molecular complexity index is 101. The second kappa shape index (κ2) is 6.47. The molecule has 3 unspecified atom stereocenters. The molecule has 12 heavy (non-hydrogen) atoms. The van der Waals surface area contributed by atoms with Gasteiger partial charge in [0.25, 0.3) is 0 Å². The second-order valence-corrected chi connectivity index (χ2v) is 4.05. The lowest BCUT2D eigenvalue weighted by molar-refractivity contribution is 0.244. The quantitative estimate of drug-likeness (QED) is 0.653. The molecule has 3 atom stereocenters. The summed E-state index contributed by atoms with van der Waals surface area (Å²) in [4.78, 5) is 0. The highest BCUT2D eigenvalue weighted by atomic mass is 14.6. The second-order valence-electron chi connectivity index (χ2n) is 4.05. The van der Waals surface area contributed by atoms with E-state index in [0.29, 0.717) is 0 Å². The lowest BCUT2D eigenvalue weighted by atomic mass is 9.80. The SMILES string of the molecule is CCCC(C)C(CN)C(C)CC. The molecule has 0 aromatic carbocycles. The van der Waals surface area contributed by atoms with Gasteiger partial charge in [0.2, 0.25) is 0 Å². The van der Waals surface area contributed by atoms with Crippen LogP contribution in [-0.4, -0.2) is 6.54 Å². The molecule has 0 fully saturated rings. The summed E-state index contributed by atoms with van der Waals surface area (Å²) in [6.07, 6.45) is 3.87. The van der Waals surface area contributed by atoms with Crippen molar-refractivity contribution in [2.75, 3.05) is 6.54 Å². The fourth-order valence-corrected chi connectivity index (χ4v) is 2.00. The van der Waals surface area contributed by atoms with Gasteiger partial charge in [0.05, 0.1) is 0 Å². The molecular formula is C11H25N. The van der Waals surface area contributed by atoms with Gasteiger partial charge < -0.3 is 5.73 Å². The Labute approximate surface area is 77.7 Å². The van der Waals surface area contributed by atoms with Crippen LogP contribution in [-0.2, 0) is 0 Å². The van der Waals surface area contributed by atoms with Crippen LogP contribution >= 0.6 is 0 Å². The molecule has 2 N–H and O–H groups in total. The summed E-state index contributed by atoms with van der Waals surface area (Å²) in [6, 6.07) is 0. The monoisotopic (exact) mass is 171 g/mol. The van der Waals surface area contributed by atoms with Crippen LogP contribution < -0.4 is 5.73 Å². The Morgan fingerprint density at radius 3 is 2.00 bits per heavy atom. The predicted octanol–water partition coefficient (Wildman–Crippen LogP) is 3.04. The molecule has 0 aliphatic rings. The molecule has 0 aliphatic heterocycles. The van der Waals surface area contributed by atoms with E-state index in [1.165, 1.54) is 19.3 Å². The normalized spacial score (nSPS) is 18.8. The van der Waals surface area contributed by atoms with Crippen LogP contribution in [0, 0.1) is 17.8 Å². The van der Waals surface area contributed by atoms with Crippen molar-refractivity contribution in [2.24, 2.45) is 23.5 Å². The summed E-state index contributed by atoms with van der Waals surface area (Å²) in [5.74, 6) is 2.32. The number of nitrogens with two attached hydrogens (primary N) is 1. The minimum absolute atomic E-state index is 0.731. The first-order chi connectivity index (χ1) is 5.67. The van der Waals surface area contributed by atoms with Crippen LogP contribution in [0.25, 0.3) is 0 Å². The molecule has 1 heteroatoms. The van der Waals surface area contributed by atoms with Crippen LogP contribution in [0.3, 0.4) is 0 Å². The van der Waals surface area contributed by atoms with Gasteiger partial charge in [-0.1, -0.05) is 47.0 Å². The topological polar surface area (TPSA) is 26.0 Å². The number of rotatable bonds is 6. The molecule has 74 valence electrons. The van der Waals surface area contributed by atoms with Gasteiger partial charge in [-0.25, -0.2) is 0 Å². The number of hydrogen-bond acceptors (Lipinski definition) is 1. The van der Waals surface area contributed by atoms with Crippen molar-refractivity contribution in [3.8, 4) is 0 Å². The van der Waals surface area contributed by atoms with Crippen molar-refractivity contribution in [1.29, 1.82) is 0 Å². The zero-order valence-electron chi connectivity index (χ0n) is 9.14. The molecular weight excluding hydrogens is 146 g/mol. The third-order valence-electron chi connectivity index (χ3n) is 3.12. The van der Waals surface area contributed by atoms with Gasteiger partial charge >= 0.3 is 0 Å². The van der Waals surface area contributed by atoms with Crippen molar-refractivity contribution in [2.45, 2.75) is 47.0 Å². The van der Waals surface area contributed by atoms with Crippen molar-refractivity contribution >= 4 is 0 Å². The Morgan fingerprint density at radius 1 is 1.08 bits per heavy atom. The van der Waals surface area contributed by atoms with Crippen LogP contribution in [0.15, 0.2) is 0 Å². The van der Waals surface area contributed by atoms with Crippen molar-refractivity contribution in [1.82, 2.24) is 0 Å². The molecule has 0 heterocycles. The molecule has 0 spiro atoms. The van der Waals surface area contributed by atoms with Gasteiger partial charge in [0.1, 0.15) is 0 Å². The van der Waals surface area contributed by atoms with Crippen LogP contribution in [0.5, 0.6) is 0 Å². The van der Waals surface area contributed by atoms with E-state index in [0.717, 1.165) is 24.3 Å². The van der Waals surface area contributed by atoms with E-state index in [2.05, 4.69) is 27.7 Å². The van der Waals surface area contributed by atoms with E-state index in [9.17, 15) is 0 Å². The molecule has 0 aromatic heterocycles. The van der Waals surface area contributed by atoms with Gasteiger partial charge in [-0.2, -0.15) is 0 Å². The van der Waals surface area contributed by atoms with Crippen molar-refractivity contribution < 1.29 is 0 Å². The van der Waals surface area contributed by atoms with Gasteiger partial charge in [0.15, 0.2) is 0 Å². The summed E-state index contributed by atoms with van der Waals surface area (Å²) in [5.41, 5.74) is 5.78. The Morgan fingerprint density at radius 2 is 1.67 bits per heavy atom. The first-order valence-corrected chi connectivity index (χ1v) is 5.37. The van der Waals surface area contributed by atoms with Gasteiger partial charge in [0, 0.05) is 0 Å². The Hall–Kier alpha value is -0.0400. The molecule has 0 saturated heterocycles. The van der Waals surface area contributed by atoms with Crippen LogP contribution in [0.2, 0.25) is 0 Å². The lowest BCUT2D eigenvalue weighted by Crippen LogP contribution is -2.27. The van der Waals surface area contributed by atoms with E-state index in [1.807, 2.05) is 0 Å². The summed E-state index contributed by atoms with van der Waals surface area (Å²) in [6.45, 7) is 10.0. The Balaban J connectivity index is 3.94. The zero-order chi connectivity index (χ0) is 9.56. The highest BCUT2D eigenvalue weighted by molar-refractivity contribution is 4.71. The standard InChI is InChI=1S/C11H25N/c1-5-7-10(4)11(8-12)9(3)6-2/h9-11H,5-8,12H2,1-4H3. The van der Waals surface area contributed by atoms with E-state index >= 15 is 0 Å². The maximum absolute atomic E-state index is 5.78. The van der Waals surface area contributed by atoms with Crippen molar-refractivity contribution in [3.63, 3.8) is 0 Å². The summed E-state index contributed by atoms with van der Waals surface area (Å²) in [7, 11) is 0. The lowest BCUT2D eigenvalue weighted by Gasteiger charge is -2.27. The highest BCUT2D eigenvalue weighted by Gasteiger charge is 2.19. The largest absolute Gasteiger partial charge is 0.330 e. The maximum Gasteiger partial charge on any atom is -0.00438 e. The third kappa shape index (κ3) is 3.57. The minimum atomic E-state index is 0.731. The summed E-state index contributed by atoms with van der Waals surface area (Å²) in [5, 5.41) is 0. The number of hydrogen-bond donors (Lipinski definition) is 1. The van der Waals surface area contributed by atoms with Gasteiger partial charge in [-0.15, -0.1) is 0 Å². The molecule has 0 saturated carbocycles. The molecule has 0 rings (SSSR count). The summed E-state index contributed by atoms with van der Waals surface area (Å²) < 4.78 is 0. The molecule has 0 aliphatic carbocycles. The van der Waals surface area contributed by atoms with E-state index in [-0.39, 0.29) is 0 Å². The molecule has 0 aromatic rings.